The molecule has 2 aliphatic rings. The quantitative estimate of drug-likeness (QED) is 0.896. The minimum absolute atomic E-state index is 0.134. The zero-order valence-corrected chi connectivity index (χ0v) is 11.7. The van der Waals surface area contributed by atoms with Gasteiger partial charge in [0.1, 0.15) is 6.61 Å². The maximum atomic E-state index is 12.1. The topological polar surface area (TPSA) is 76.1 Å². The predicted molar refractivity (Wildman–Crippen MR) is 73.2 cm³/mol. The second-order valence-corrected chi connectivity index (χ2v) is 5.50. The lowest BCUT2D eigenvalue weighted by Crippen LogP contribution is -2.42. The van der Waals surface area contributed by atoms with E-state index in [9.17, 15) is 9.59 Å². The van der Waals surface area contributed by atoms with E-state index in [2.05, 4.69) is 0 Å². The minimum atomic E-state index is -0.895. The highest BCUT2D eigenvalue weighted by molar-refractivity contribution is 5.89. The number of carbonyl (C=O) groups excluding carboxylic acids is 1. The van der Waals surface area contributed by atoms with Gasteiger partial charge in [0, 0.05) is 7.05 Å². The molecule has 1 saturated carbocycles. The summed E-state index contributed by atoms with van der Waals surface area (Å²) in [6.07, 6.45) is 0.194. The summed E-state index contributed by atoms with van der Waals surface area (Å²) in [5.74, 6) is -0.563. The standard InChI is InChI=1S/C15H17NO5/c1-16(14(17)10-6-11(10)15(18)19)7-9-8-20-12-4-2-3-5-13(12)21-9/h2-5,9-11H,6-8H2,1H3,(H,18,19)/t9?,10-,11+/m1/s1. The average molecular weight is 291 g/mol. The van der Waals surface area contributed by atoms with E-state index in [4.69, 9.17) is 14.6 Å². The monoisotopic (exact) mass is 291 g/mol. The molecule has 0 radical (unpaired) electrons. The molecule has 1 aromatic rings. The van der Waals surface area contributed by atoms with E-state index in [1.54, 1.807) is 7.05 Å². The van der Waals surface area contributed by atoms with Crippen molar-refractivity contribution in [1.82, 2.24) is 4.90 Å². The maximum absolute atomic E-state index is 12.1. The number of para-hydroxylation sites is 2. The number of rotatable bonds is 4. The van der Waals surface area contributed by atoms with Crippen LogP contribution in [0.1, 0.15) is 6.42 Å². The van der Waals surface area contributed by atoms with Gasteiger partial charge in [0.05, 0.1) is 18.4 Å². The van der Waals surface area contributed by atoms with E-state index in [-0.39, 0.29) is 17.9 Å². The van der Waals surface area contributed by atoms with Crippen LogP contribution in [0.25, 0.3) is 0 Å². The molecule has 1 N–H and O–H groups in total. The van der Waals surface area contributed by atoms with Crippen LogP contribution in [0.5, 0.6) is 11.5 Å². The van der Waals surface area contributed by atoms with Crippen molar-refractivity contribution in [2.24, 2.45) is 11.8 Å². The van der Waals surface area contributed by atoms with Gasteiger partial charge in [-0.1, -0.05) is 12.1 Å². The highest BCUT2D eigenvalue weighted by Gasteiger charge is 2.49. The number of benzene rings is 1. The second-order valence-electron chi connectivity index (χ2n) is 5.50. The van der Waals surface area contributed by atoms with Gasteiger partial charge in [-0.25, -0.2) is 0 Å². The molecule has 6 nitrogen and oxygen atoms in total. The normalized spacial score (nSPS) is 26.0. The second kappa shape index (κ2) is 5.27. The van der Waals surface area contributed by atoms with Gasteiger partial charge in [0.15, 0.2) is 17.6 Å². The lowest BCUT2D eigenvalue weighted by molar-refractivity contribution is -0.142. The van der Waals surface area contributed by atoms with Crippen LogP contribution in [-0.4, -0.2) is 48.2 Å². The smallest absolute Gasteiger partial charge is 0.307 e. The van der Waals surface area contributed by atoms with E-state index < -0.39 is 11.9 Å². The number of hydrogen-bond acceptors (Lipinski definition) is 4. The van der Waals surface area contributed by atoms with Crippen molar-refractivity contribution in [3.05, 3.63) is 24.3 Å². The van der Waals surface area contributed by atoms with E-state index in [0.29, 0.717) is 31.1 Å². The Morgan fingerprint density at radius 1 is 1.29 bits per heavy atom. The largest absolute Gasteiger partial charge is 0.486 e. The molecule has 1 aliphatic heterocycles. The van der Waals surface area contributed by atoms with E-state index in [1.165, 1.54) is 4.90 Å². The maximum Gasteiger partial charge on any atom is 0.307 e. The Kier molecular flexibility index (Phi) is 3.45. The number of likely N-dealkylation sites (N-methyl/N-ethyl adjacent to an activating group) is 1. The van der Waals surface area contributed by atoms with Gasteiger partial charge in [-0.3, -0.25) is 9.59 Å². The zero-order chi connectivity index (χ0) is 15.0. The third kappa shape index (κ3) is 2.79. The van der Waals surface area contributed by atoms with Crippen LogP contribution in [0.4, 0.5) is 0 Å². The molecule has 3 atom stereocenters. The summed E-state index contributed by atoms with van der Waals surface area (Å²) in [6.45, 7) is 0.762. The van der Waals surface area contributed by atoms with Gasteiger partial charge in [-0.2, -0.15) is 0 Å². The van der Waals surface area contributed by atoms with Crippen LogP contribution in [0.2, 0.25) is 0 Å². The van der Waals surface area contributed by atoms with Gasteiger partial charge < -0.3 is 19.5 Å². The fourth-order valence-electron chi connectivity index (χ4n) is 2.57. The molecule has 1 fully saturated rings. The van der Waals surface area contributed by atoms with E-state index in [1.807, 2.05) is 24.3 Å². The lowest BCUT2D eigenvalue weighted by atomic mass is 10.2. The number of carboxylic acids is 1. The summed E-state index contributed by atoms with van der Waals surface area (Å²) in [4.78, 5) is 24.5. The molecule has 1 aromatic carbocycles. The van der Waals surface area contributed by atoms with E-state index >= 15 is 0 Å². The average Bonchev–Trinajstić information content (AvgIpc) is 3.27. The van der Waals surface area contributed by atoms with Crippen LogP contribution in [-0.2, 0) is 9.59 Å². The van der Waals surface area contributed by atoms with Gasteiger partial charge in [-0.15, -0.1) is 0 Å². The summed E-state index contributed by atoms with van der Waals surface area (Å²) in [7, 11) is 1.67. The van der Waals surface area contributed by atoms with Crippen LogP contribution >= 0.6 is 0 Å². The van der Waals surface area contributed by atoms with Crippen LogP contribution in [0.3, 0.4) is 0 Å². The summed E-state index contributed by atoms with van der Waals surface area (Å²) in [5, 5.41) is 8.87. The summed E-state index contributed by atoms with van der Waals surface area (Å²) >= 11 is 0. The summed E-state index contributed by atoms with van der Waals surface area (Å²) in [5.41, 5.74) is 0. The Balaban J connectivity index is 1.56. The van der Waals surface area contributed by atoms with Crippen molar-refractivity contribution in [1.29, 1.82) is 0 Å². The van der Waals surface area contributed by atoms with Crippen molar-refractivity contribution >= 4 is 11.9 Å². The number of carboxylic acid groups (broad SMARTS) is 1. The first-order valence-electron chi connectivity index (χ1n) is 6.92. The molecule has 1 aliphatic carbocycles. The zero-order valence-electron chi connectivity index (χ0n) is 11.7. The van der Waals surface area contributed by atoms with Gasteiger partial charge in [0.25, 0.3) is 0 Å². The number of fused-ring (bicyclic) bond motifs is 1. The highest BCUT2D eigenvalue weighted by atomic mass is 16.6. The van der Waals surface area contributed by atoms with E-state index in [0.717, 1.165) is 0 Å². The Bertz CT molecular complexity index is 573. The Morgan fingerprint density at radius 3 is 2.67 bits per heavy atom. The molecule has 1 amide bonds. The van der Waals surface area contributed by atoms with Gasteiger partial charge in [0.2, 0.25) is 5.91 Å². The third-order valence-electron chi connectivity index (χ3n) is 3.85. The van der Waals surface area contributed by atoms with Crippen molar-refractivity contribution in [3.8, 4) is 11.5 Å². The van der Waals surface area contributed by atoms with Crippen molar-refractivity contribution in [3.63, 3.8) is 0 Å². The Morgan fingerprint density at radius 2 is 2.00 bits per heavy atom. The lowest BCUT2D eigenvalue weighted by Gasteiger charge is -2.29. The predicted octanol–water partition coefficient (Wildman–Crippen LogP) is 1.01. The molecule has 3 rings (SSSR count). The number of ether oxygens (including phenoxy) is 2. The molecular formula is C15H17NO5. The summed E-state index contributed by atoms with van der Waals surface area (Å²) < 4.78 is 11.4. The number of hydrogen-bond donors (Lipinski definition) is 1. The first-order valence-corrected chi connectivity index (χ1v) is 6.92. The van der Waals surface area contributed by atoms with Crippen molar-refractivity contribution in [2.45, 2.75) is 12.5 Å². The Labute approximate surface area is 122 Å². The number of aliphatic carboxylic acids is 1. The van der Waals surface area contributed by atoms with Crippen LogP contribution < -0.4 is 9.47 Å². The number of nitrogens with zero attached hydrogens (tertiary/aromatic N) is 1. The van der Waals surface area contributed by atoms with Gasteiger partial charge >= 0.3 is 5.97 Å². The number of amides is 1. The van der Waals surface area contributed by atoms with Crippen molar-refractivity contribution < 1.29 is 24.2 Å². The molecule has 0 aromatic heterocycles. The first-order chi connectivity index (χ1) is 10.1. The number of carbonyl (C=O) groups is 2. The third-order valence-corrected chi connectivity index (χ3v) is 3.85. The van der Waals surface area contributed by atoms with Crippen LogP contribution in [0.15, 0.2) is 24.3 Å². The first kappa shape index (κ1) is 13.7. The fourth-order valence-corrected chi connectivity index (χ4v) is 2.57. The molecule has 1 unspecified atom stereocenters. The molecule has 6 heteroatoms. The SMILES string of the molecule is CN(CC1COc2ccccc2O1)C(=O)[C@@H]1C[C@@H]1C(=O)O. The fraction of sp³-hybridized carbons (Fsp3) is 0.467. The highest BCUT2D eigenvalue weighted by Crippen LogP contribution is 2.40. The van der Waals surface area contributed by atoms with Crippen LogP contribution in [0, 0.1) is 11.8 Å². The molecule has 0 spiro atoms. The molecule has 112 valence electrons. The minimum Gasteiger partial charge on any atom is -0.486 e. The van der Waals surface area contributed by atoms with Gasteiger partial charge in [-0.05, 0) is 18.6 Å². The molecule has 1 heterocycles. The molecular weight excluding hydrogens is 274 g/mol. The van der Waals surface area contributed by atoms with Crippen molar-refractivity contribution in [2.75, 3.05) is 20.2 Å². The summed E-state index contributed by atoms with van der Waals surface area (Å²) in [6, 6.07) is 7.39. The molecule has 0 bridgehead atoms. The Hall–Kier alpha value is -2.24. The molecule has 21 heavy (non-hydrogen) atoms. The molecule has 0 saturated heterocycles.